The second kappa shape index (κ2) is 4.28. The van der Waals surface area contributed by atoms with Gasteiger partial charge in [-0.25, -0.2) is 4.79 Å². The Morgan fingerprint density at radius 1 is 1.05 bits per heavy atom. The number of aromatic carboxylic acids is 1. The summed E-state index contributed by atoms with van der Waals surface area (Å²) in [4.78, 5) is 10.9. The molecule has 1 heterocycles. The molecule has 3 aromatic rings. The zero-order valence-electron chi connectivity index (χ0n) is 10.4. The molecule has 3 nitrogen and oxygen atoms in total. The molecule has 0 aliphatic carbocycles. The van der Waals surface area contributed by atoms with Gasteiger partial charge in [0.2, 0.25) is 5.76 Å². The molecular formula is C16H12O3. The van der Waals surface area contributed by atoms with E-state index in [0.29, 0.717) is 5.58 Å². The molecule has 0 spiro atoms. The first-order chi connectivity index (χ1) is 9.13. The fourth-order valence-corrected chi connectivity index (χ4v) is 2.14. The van der Waals surface area contributed by atoms with Crippen LogP contribution in [0.3, 0.4) is 0 Å². The van der Waals surface area contributed by atoms with E-state index >= 15 is 0 Å². The zero-order chi connectivity index (χ0) is 13.4. The van der Waals surface area contributed by atoms with Crippen LogP contribution in [0.4, 0.5) is 0 Å². The van der Waals surface area contributed by atoms with Gasteiger partial charge in [0.05, 0.1) is 0 Å². The highest BCUT2D eigenvalue weighted by Crippen LogP contribution is 2.27. The molecular weight excluding hydrogens is 240 g/mol. The largest absolute Gasteiger partial charge is 0.475 e. The van der Waals surface area contributed by atoms with Crippen LogP contribution in [0.2, 0.25) is 0 Å². The number of furan rings is 1. The van der Waals surface area contributed by atoms with Crippen molar-refractivity contribution in [3.63, 3.8) is 0 Å². The number of hydrogen-bond acceptors (Lipinski definition) is 2. The summed E-state index contributed by atoms with van der Waals surface area (Å²) in [6, 6.07) is 15.4. The van der Waals surface area contributed by atoms with Crippen LogP contribution in [0.5, 0.6) is 0 Å². The summed E-state index contributed by atoms with van der Waals surface area (Å²) >= 11 is 0. The minimum Gasteiger partial charge on any atom is -0.475 e. The number of hydrogen-bond donors (Lipinski definition) is 1. The average molecular weight is 252 g/mol. The lowest BCUT2D eigenvalue weighted by Crippen LogP contribution is -1.91. The highest BCUT2D eigenvalue weighted by Gasteiger charge is 2.11. The van der Waals surface area contributed by atoms with E-state index in [1.807, 2.05) is 43.3 Å². The molecule has 0 amide bonds. The van der Waals surface area contributed by atoms with Crippen molar-refractivity contribution in [3.05, 3.63) is 59.9 Å². The van der Waals surface area contributed by atoms with E-state index in [2.05, 4.69) is 6.07 Å². The third-order valence-electron chi connectivity index (χ3n) is 3.08. The van der Waals surface area contributed by atoms with Crippen LogP contribution < -0.4 is 0 Å². The van der Waals surface area contributed by atoms with Gasteiger partial charge < -0.3 is 9.52 Å². The van der Waals surface area contributed by atoms with Gasteiger partial charge in [0.25, 0.3) is 0 Å². The van der Waals surface area contributed by atoms with Crippen molar-refractivity contribution in [2.24, 2.45) is 0 Å². The van der Waals surface area contributed by atoms with Crippen LogP contribution in [0.1, 0.15) is 16.1 Å². The average Bonchev–Trinajstić information content (AvgIpc) is 2.81. The summed E-state index contributed by atoms with van der Waals surface area (Å²) in [5, 5.41) is 9.71. The van der Waals surface area contributed by atoms with Crippen molar-refractivity contribution in [2.75, 3.05) is 0 Å². The summed E-state index contributed by atoms with van der Waals surface area (Å²) in [6.07, 6.45) is 0. The second-order valence-corrected chi connectivity index (χ2v) is 4.54. The molecule has 0 aliphatic rings. The number of carboxylic acids is 1. The first kappa shape index (κ1) is 11.5. The van der Waals surface area contributed by atoms with Crippen molar-refractivity contribution in [1.29, 1.82) is 0 Å². The van der Waals surface area contributed by atoms with Gasteiger partial charge in [-0.3, -0.25) is 0 Å². The van der Waals surface area contributed by atoms with Gasteiger partial charge in [-0.2, -0.15) is 0 Å². The quantitative estimate of drug-likeness (QED) is 0.746. The number of benzene rings is 2. The number of aryl methyl sites for hydroxylation is 1. The van der Waals surface area contributed by atoms with Crippen LogP contribution in [0, 0.1) is 6.92 Å². The maximum atomic E-state index is 10.9. The van der Waals surface area contributed by atoms with Crippen LogP contribution >= 0.6 is 0 Å². The van der Waals surface area contributed by atoms with Crippen molar-refractivity contribution >= 4 is 16.9 Å². The molecule has 0 aliphatic heterocycles. The van der Waals surface area contributed by atoms with E-state index < -0.39 is 5.97 Å². The van der Waals surface area contributed by atoms with Gasteiger partial charge in [-0.15, -0.1) is 0 Å². The molecule has 94 valence electrons. The lowest BCUT2D eigenvalue weighted by atomic mass is 10.0. The smallest absolute Gasteiger partial charge is 0.371 e. The summed E-state index contributed by atoms with van der Waals surface area (Å²) in [5.74, 6) is -1.08. The van der Waals surface area contributed by atoms with E-state index in [9.17, 15) is 4.79 Å². The monoisotopic (exact) mass is 252 g/mol. The molecule has 0 atom stereocenters. The fourth-order valence-electron chi connectivity index (χ4n) is 2.14. The van der Waals surface area contributed by atoms with Gasteiger partial charge >= 0.3 is 5.97 Å². The van der Waals surface area contributed by atoms with Crippen LogP contribution in [0.25, 0.3) is 22.1 Å². The first-order valence-corrected chi connectivity index (χ1v) is 5.97. The SMILES string of the molecule is Cc1cccc(-c2ccc3cc(C(=O)O)oc3c2)c1. The Morgan fingerprint density at radius 3 is 2.58 bits per heavy atom. The van der Waals surface area contributed by atoms with E-state index in [-0.39, 0.29) is 5.76 Å². The molecule has 3 rings (SSSR count). The third kappa shape index (κ3) is 2.10. The number of fused-ring (bicyclic) bond motifs is 1. The second-order valence-electron chi connectivity index (χ2n) is 4.54. The van der Waals surface area contributed by atoms with E-state index in [4.69, 9.17) is 9.52 Å². The van der Waals surface area contributed by atoms with Gasteiger partial charge in [0.1, 0.15) is 5.58 Å². The molecule has 3 heteroatoms. The molecule has 0 unspecified atom stereocenters. The maximum Gasteiger partial charge on any atom is 0.371 e. The van der Waals surface area contributed by atoms with E-state index in [1.165, 1.54) is 11.6 Å². The topological polar surface area (TPSA) is 50.4 Å². The predicted octanol–water partition coefficient (Wildman–Crippen LogP) is 4.11. The zero-order valence-corrected chi connectivity index (χ0v) is 10.4. The number of rotatable bonds is 2. The molecule has 1 N–H and O–H groups in total. The van der Waals surface area contributed by atoms with Crippen LogP contribution in [-0.4, -0.2) is 11.1 Å². The Bertz CT molecular complexity index is 769. The molecule has 0 radical (unpaired) electrons. The van der Waals surface area contributed by atoms with Crippen LogP contribution in [-0.2, 0) is 0 Å². The minimum absolute atomic E-state index is 0.0311. The predicted molar refractivity (Wildman–Crippen MR) is 73.3 cm³/mol. The number of carboxylic acid groups (broad SMARTS) is 1. The third-order valence-corrected chi connectivity index (χ3v) is 3.08. The Labute approximate surface area is 110 Å². The van der Waals surface area contributed by atoms with Crippen molar-refractivity contribution in [3.8, 4) is 11.1 Å². The Kier molecular flexibility index (Phi) is 2.60. The molecule has 1 aromatic heterocycles. The van der Waals surface area contributed by atoms with Crippen molar-refractivity contribution in [2.45, 2.75) is 6.92 Å². The standard InChI is InChI=1S/C16H12O3/c1-10-3-2-4-11(7-10)12-5-6-13-9-15(16(17)18)19-14(13)8-12/h2-9H,1H3,(H,17,18). The Morgan fingerprint density at radius 2 is 1.84 bits per heavy atom. The van der Waals surface area contributed by atoms with Gasteiger partial charge in [-0.1, -0.05) is 42.0 Å². The van der Waals surface area contributed by atoms with Gasteiger partial charge in [0.15, 0.2) is 0 Å². The lowest BCUT2D eigenvalue weighted by molar-refractivity contribution is 0.0665. The molecule has 0 saturated carbocycles. The molecule has 0 fully saturated rings. The highest BCUT2D eigenvalue weighted by molar-refractivity contribution is 5.92. The van der Waals surface area contributed by atoms with Crippen molar-refractivity contribution < 1.29 is 14.3 Å². The van der Waals surface area contributed by atoms with Crippen LogP contribution in [0.15, 0.2) is 52.9 Å². The lowest BCUT2D eigenvalue weighted by Gasteiger charge is -2.02. The number of carbonyl (C=O) groups is 1. The molecule has 2 aromatic carbocycles. The summed E-state index contributed by atoms with van der Waals surface area (Å²) in [7, 11) is 0. The van der Waals surface area contributed by atoms with Crippen molar-refractivity contribution in [1.82, 2.24) is 0 Å². The molecule has 19 heavy (non-hydrogen) atoms. The summed E-state index contributed by atoms with van der Waals surface area (Å²) in [5.41, 5.74) is 3.89. The Hall–Kier alpha value is -2.55. The Balaban J connectivity index is 2.13. The summed E-state index contributed by atoms with van der Waals surface area (Å²) < 4.78 is 5.32. The molecule has 0 bridgehead atoms. The van der Waals surface area contributed by atoms with E-state index in [1.54, 1.807) is 0 Å². The van der Waals surface area contributed by atoms with E-state index in [0.717, 1.165) is 16.5 Å². The van der Waals surface area contributed by atoms with Gasteiger partial charge in [-0.05, 0) is 30.2 Å². The molecule has 0 saturated heterocycles. The summed E-state index contributed by atoms with van der Waals surface area (Å²) in [6.45, 7) is 2.04. The highest BCUT2D eigenvalue weighted by atomic mass is 16.4. The normalized spacial score (nSPS) is 10.8. The fraction of sp³-hybridized carbons (Fsp3) is 0.0625. The minimum atomic E-state index is -1.05. The first-order valence-electron chi connectivity index (χ1n) is 5.97. The maximum absolute atomic E-state index is 10.9. The van der Waals surface area contributed by atoms with Gasteiger partial charge in [0, 0.05) is 5.39 Å².